The summed E-state index contributed by atoms with van der Waals surface area (Å²) in [5.74, 6) is 0.692. The monoisotopic (exact) mass is 381 g/mol. The van der Waals surface area contributed by atoms with Crippen LogP contribution in [0.25, 0.3) is 0 Å². The third kappa shape index (κ3) is 4.12. The van der Waals surface area contributed by atoms with Crippen LogP contribution in [0, 0.1) is 5.92 Å². The molecule has 2 saturated heterocycles. The Morgan fingerprint density at radius 2 is 1.81 bits per heavy atom. The van der Waals surface area contributed by atoms with E-state index in [4.69, 9.17) is 4.74 Å². The number of amides is 1. The number of methoxy groups -OCH3 is 1. The molecule has 7 nitrogen and oxygen atoms in total. The third-order valence-corrected chi connectivity index (χ3v) is 6.49. The zero-order valence-electron chi connectivity index (χ0n) is 15.4. The molecule has 1 atom stereocenters. The van der Waals surface area contributed by atoms with Gasteiger partial charge in [-0.15, -0.1) is 0 Å². The van der Waals surface area contributed by atoms with E-state index in [1.807, 2.05) is 29.2 Å². The number of anilines is 1. The maximum atomic E-state index is 12.9. The fourth-order valence-corrected chi connectivity index (χ4v) is 4.67. The molecule has 0 aromatic heterocycles. The first-order valence-corrected chi connectivity index (χ1v) is 10.9. The van der Waals surface area contributed by atoms with Crippen molar-refractivity contribution in [1.29, 1.82) is 0 Å². The topological polar surface area (TPSA) is 70.2 Å². The summed E-state index contributed by atoms with van der Waals surface area (Å²) in [4.78, 5) is 17.0. The van der Waals surface area contributed by atoms with Gasteiger partial charge in [0.2, 0.25) is 15.9 Å². The van der Waals surface area contributed by atoms with Gasteiger partial charge in [-0.2, -0.15) is 0 Å². The van der Waals surface area contributed by atoms with Gasteiger partial charge in [-0.05, 0) is 25.0 Å². The summed E-state index contributed by atoms with van der Waals surface area (Å²) in [7, 11) is -1.57. The molecule has 0 aliphatic carbocycles. The minimum Gasteiger partial charge on any atom is -0.495 e. The summed E-state index contributed by atoms with van der Waals surface area (Å²) >= 11 is 0. The van der Waals surface area contributed by atoms with Gasteiger partial charge in [0.1, 0.15) is 5.75 Å². The lowest BCUT2D eigenvalue weighted by molar-refractivity contribution is -0.137. The van der Waals surface area contributed by atoms with Crippen LogP contribution in [0.1, 0.15) is 12.8 Å². The second-order valence-electron chi connectivity index (χ2n) is 6.94. The van der Waals surface area contributed by atoms with Crippen LogP contribution in [0.5, 0.6) is 5.75 Å². The molecule has 1 aromatic rings. The van der Waals surface area contributed by atoms with Crippen molar-refractivity contribution in [3.63, 3.8) is 0 Å². The highest BCUT2D eigenvalue weighted by Gasteiger charge is 2.33. The first-order valence-electron chi connectivity index (χ1n) is 9.02. The van der Waals surface area contributed by atoms with Gasteiger partial charge in [0.25, 0.3) is 0 Å². The van der Waals surface area contributed by atoms with Crippen LogP contribution in [-0.4, -0.2) is 76.2 Å². The van der Waals surface area contributed by atoms with Crippen LogP contribution >= 0.6 is 0 Å². The molecule has 1 amide bonds. The Morgan fingerprint density at radius 1 is 1.12 bits per heavy atom. The molecule has 0 saturated carbocycles. The molecule has 0 unspecified atom stereocenters. The van der Waals surface area contributed by atoms with Crippen molar-refractivity contribution in [1.82, 2.24) is 9.21 Å². The van der Waals surface area contributed by atoms with Crippen molar-refractivity contribution in [3.8, 4) is 5.75 Å². The Labute approximate surface area is 155 Å². The molecule has 0 N–H and O–H groups in total. The Bertz CT molecular complexity index is 745. The molecule has 1 aromatic carbocycles. The Balaban J connectivity index is 1.60. The molecule has 2 aliphatic heterocycles. The van der Waals surface area contributed by atoms with Gasteiger partial charge in [0.05, 0.1) is 25.0 Å². The number of benzene rings is 1. The van der Waals surface area contributed by atoms with E-state index in [0.29, 0.717) is 26.2 Å². The third-order valence-electron chi connectivity index (χ3n) is 5.22. The SMILES string of the molecule is COc1ccccc1N1CCN(C(=O)[C@H]2CCCN(S(C)(=O)=O)C2)CC1. The highest BCUT2D eigenvalue weighted by Crippen LogP contribution is 2.29. The van der Waals surface area contributed by atoms with Crippen molar-refractivity contribution in [2.24, 2.45) is 5.92 Å². The molecule has 0 radical (unpaired) electrons. The van der Waals surface area contributed by atoms with Gasteiger partial charge in [-0.3, -0.25) is 4.79 Å². The summed E-state index contributed by atoms with van der Waals surface area (Å²) in [6.07, 6.45) is 2.72. The van der Waals surface area contributed by atoms with Crippen molar-refractivity contribution in [3.05, 3.63) is 24.3 Å². The van der Waals surface area contributed by atoms with Crippen LogP contribution in [0.4, 0.5) is 5.69 Å². The fourth-order valence-electron chi connectivity index (χ4n) is 3.76. The molecule has 26 heavy (non-hydrogen) atoms. The summed E-state index contributed by atoms with van der Waals surface area (Å²) in [5, 5.41) is 0. The van der Waals surface area contributed by atoms with Gasteiger partial charge in [0, 0.05) is 39.3 Å². The number of rotatable bonds is 4. The zero-order valence-corrected chi connectivity index (χ0v) is 16.2. The zero-order chi connectivity index (χ0) is 18.7. The van der Waals surface area contributed by atoms with Crippen molar-refractivity contribution < 1.29 is 17.9 Å². The number of piperidine rings is 1. The average molecular weight is 381 g/mol. The second-order valence-corrected chi connectivity index (χ2v) is 8.93. The first kappa shape index (κ1) is 19.0. The molecular weight excluding hydrogens is 354 g/mol. The molecule has 144 valence electrons. The predicted octanol–water partition coefficient (Wildman–Crippen LogP) is 1.02. The van der Waals surface area contributed by atoms with Crippen LogP contribution in [0.15, 0.2) is 24.3 Å². The normalized spacial score (nSPS) is 22.3. The van der Waals surface area contributed by atoms with Gasteiger partial charge < -0.3 is 14.5 Å². The summed E-state index contributed by atoms with van der Waals surface area (Å²) in [6.45, 7) is 3.61. The van der Waals surface area contributed by atoms with E-state index in [1.54, 1.807) is 7.11 Å². The number of sulfonamides is 1. The minimum absolute atomic E-state index is 0.0815. The van der Waals surface area contributed by atoms with Gasteiger partial charge in [-0.25, -0.2) is 12.7 Å². The molecule has 0 spiro atoms. The molecule has 3 rings (SSSR count). The number of ether oxygens (including phenoxy) is 1. The summed E-state index contributed by atoms with van der Waals surface area (Å²) in [6, 6.07) is 7.89. The number of carbonyl (C=O) groups excluding carboxylic acids is 1. The number of hydrogen-bond acceptors (Lipinski definition) is 5. The molecule has 0 bridgehead atoms. The van der Waals surface area contributed by atoms with Crippen molar-refractivity contribution in [2.75, 3.05) is 57.5 Å². The summed E-state index contributed by atoms with van der Waals surface area (Å²) in [5.41, 5.74) is 1.04. The number of hydrogen-bond donors (Lipinski definition) is 0. The highest BCUT2D eigenvalue weighted by molar-refractivity contribution is 7.88. The van der Waals surface area contributed by atoms with E-state index in [2.05, 4.69) is 4.90 Å². The number of para-hydroxylation sites is 2. The largest absolute Gasteiger partial charge is 0.495 e. The van der Waals surface area contributed by atoms with Crippen LogP contribution in [-0.2, 0) is 14.8 Å². The second kappa shape index (κ2) is 7.84. The van der Waals surface area contributed by atoms with Gasteiger partial charge >= 0.3 is 0 Å². The molecule has 8 heteroatoms. The van der Waals surface area contributed by atoms with E-state index in [1.165, 1.54) is 10.6 Å². The van der Waals surface area contributed by atoms with Crippen LogP contribution < -0.4 is 9.64 Å². The van der Waals surface area contributed by atoms with Gasteiger partial charge in [0.15, 0.2) is 0 Å². The summed E-state index contributed by atoms with van der Waals surface area (Å²) < 4.78 is 30.4. The molecule has 2 aliphatic rings. The van der Waals surface area contributed by atoms with Gasteiger partial charge in [-0.1, -0.05) is 12.1 Å². The number of carbonyl (C=O) groups is 1. The lowest BCUT2D eigenvalue weighted by atomic mass is 9.97. The maximum Gasteiger partial charge on any atom is 0.227 e. The smallest absolute Gasteiger partial charge is 0.227 e. The van der Waals surface area contributed by atoms with Crippen LogP contribution in [0.2, 0.25) is 0 Å². The lowest BCUT2D eigenvalue weighted by Gasteiger charge is -2.39. The highest BCUT2D eigenvalue weighted by atomic mass is 32.2. The van der Waals surface area contributed by atoms with E-state index < -0.39 is 10.0 Å². The number of nitrogens with zero attached hydrogens (tertiary/aromatic N) is 3. The van der Waals surface area contributed by atoms with Crippen molar-refractivity contribution in [2.45, 2.75) is 12.8 Å². The fraction of sp³-hybridized carbons (Fsp3) is 0.611. The molecular formula is C18H27N3O4S. The van der Waals surface area contributed by atoms with Crippen molar-refractivity contribution >= 4 is 21.6 Å². The van der Waals surface area contributed by atoms with E-state index >= 15 is 0 Å². The quantitative estimate of drug-likeness (QED) is 0.779. The van der Waals surface area contributed by atoms with Crippen LogP contribution in [0.3, 0.4) is 0 Å². The lowest BCUT2D eigenvalue weighted by Crippen LogP contribution is -2.53. The Kier molecular flexibility index (Phi) is 5.72. The van der Waals surface area contributed by atoms with E-state index in [-0.39, 0.29) is 11.8 Å². The van der Waals surface area contributed by atoms with E-state index in [9.17, 15) is 13.2 Å². The van der Waals surface area contributed by atoms with E-state index in [0.717, 1.165) is 37.4 Å². The Hall–Kier alpha value is -1.80. The first-order chi connectivity index (χ1) is 12.4. The molecule has 2 fully saturated rings. The number of piperazine rings is 1. The standard InChI is InChI=1S/C18H27N3O4S/c1-25-17-8-4-3-7-16(17)19-10-12-20(13-11-19)18(22)15-6-5-9-21(14-15)26(2,23)24/h3-4,7-8,15H,5-6,9-14H2,1-2H3/t15-/m0/s1. The Morgan fingerprint density at radius 3 is 2.46 bits per heavy atom. The predicted molar refractivity (Wildman–Crippen MR) is 101 cm³/mol. The minimum atomic E-state index is -3.24. The maximum absolute atomic E-state index is 12.9. The molecule has 2 heterocycles. The average Bonchev–Trinajstić information content (AvgIpc) is 2.67.